The topological polar surface area (TPSA) is 17.1 Å². The molecule has 58 valence electrons. The van der Waals surface area contributed by atoms with Gasteiger partial charge in [-0.2, -0.15) is 0 Å². The van der Waals surface area contributed by atoms with E-state index in [2.05, 4.69) is 0 Å². The van der Waals surface area contributed by atoms with Crippen molar-refractivity contribution in [2.24, 2.45) is 5.92 Å². The summed E-state index contributed by atoms with van der Waals surface area (Å²) in [5, 5.41) is 0. The normalized spacial score (nSPS) is 23.4. The van der Waals surface area contributed by atoms with Crippen LogP contribution in [-0.4, -0.2) is 5.78 Å². The summed E-state index contributed by atoms with van der Waals surface area (Å²) in [6, 6.07) is 0. The summed E-state index contributed by atoms with van der Waals surface area (Å²) >= 11 is 0. The van der Waals surface area contributed by atoms with Gasteiger partial charge in [0.25, 0.3) is 0 Å². The van der Waals surface area contributed by atoms with Gasteiger partial charge in [-0.1, -0.05) is 26.3 Å². The van der Waals surface area contributed by atoms with E-state index in [0.717, 1.165) is 6.42 Å². The molecule has 0 aliphatic heterocycles. The molecule has 0 saturated heterocycles. The van der Waals surface area contributed by atoms with Crippen molar-refractivity contribution < 1.29 is 4.79 Å². The van der Waals surface area contributed by atoms with Crippen LogP contribution in [0.5, 0.6) is 0 Å². The van der Waals surface area contributed by atoms with Crippen molar-refractivity contribution >= 4 is 5.78 Å². The average Bonchev–Trinajstić information content (AvgIpc) is 2.16. The number of rotatable bonds is 0. The summed E-state index contributed by atoms with van der Waals surface area (Å²) in [5.74, 6) is 0.553. The Morgan fingerprint density at radius 3 is 2.10 bits per heavy atom. The van der Waals surface area contributed by atoms with E-state index < -0.39 is 0 Å². The zero-order valence-electron chi connectivity index (χ0n) is 7.27. The molecular formula is C9H16O. The molecule has 1 atom stereocenters. The zero-order valence-corrected chi connectivity index (χ0v) is 7.27. The molecule has 0 amide bonds. The predicted molar refractivity (Wildman–Crippen MR) is 43.9 cm³/mol. The van der Waals surface area contributed by atoms with Gasteiger partial charge >= 0.3 is 0 Å². The molecule has 0 aromatic rings. The smallest absolute Gasteiger partial charge is 0.158 e. The van der Waals surface area contributed by atoms with Gasteiger partial charge in [0, 0.05) is 5.92 Å². The number of carbonyl (C=O) groups is 1. The van der Waals surface area contributed by atoms with Gasteiger partial charge in [0.05, 0.1) is 0 Å². The molecule has 0 spiro atoms. The summed E-state index contributed by atoms with van der Waals surface area (Å²) in [6.07, 6.45) is 2.71. The molecule has 10 heavy (non-hydrogen) atoms. The molecule has 1 aliphatic carbocycles. The van der Waals surface area contributed by atoms with E-state index in [1.807, 2.05) is 27.7 Å². The molecule has 0 saturated carbocycles. The second-order valence-electron chi connectivity index (χ2n) is 2.50. The van der Waals surface area contributed by atoms with Gasteiger partial charge in [-0.25, -0.2) is 0 Å². The number of ketones is 1. The van der Waals surface area contributed by atoms with Crippen molar-refractivity contribution in [3.05, 3.63) is 11.6 Å². The quantitative estimate of drug-likeness (QED) is 0.505. The van der Waals surface area contributed by atoms with E-state index in [0.29, 0.717) is 5.78 Å². The lowest BCUT2D eigenvalue weighted by atomic mass is 10.1. The van der Waals surface area contributed by atoms with Crippen LogP contribution in [0.15, 0.2) is 11.6 Å². The van der Waals surface area contributed by atoms with Crippen LogP contribution in [0.4, 0.5) is 0 Å². The molecule has 0 N–H and O–H groups in total. The van der Waals surface area contributed by atoms with Crippen LogP contribution in [0.2, 0.25) is 0 Å². The van der Waals surface area contributed by atoms with E-state index in [-0.39, 0.29) is 5.92 Å². The maximum atomic E-state index is 10.7. The van der Waals surface area contributed by atoms with Gasteiger partial charge in [-0.3, -0.25) is 4.79 Å². The first-order valence-corrected chi connectivity index (χ1v) is 3.91. The fourth-order valence-electron chi connectivity index (χ4n) is 1.03. The van der Waals surface area contributed by atoms with Crippen molar-refractivity contribution in [2.75, 3.05) is 0 Å². The summed E-state index contributed by atoms with van der Waals surface area (Å²) in [7, 11) is 0. The lowest BCUT2D eigenvalue weighted by Crippen LogP contribution is -1.99. The van der Waals surface area contributed by atoms with Gasteiger partial charge in [0.2, 0.25) is 0 Å². The van der Waals surface area contributed by atoms with Gasteiger partial charge in [0.15, 0.2) is 5.78 Å². The van der Waals surface area contributed by atoms with Crippen LogP contribution in [0.25, 0.3) is 0 Å². The number of hydrogen-bond acceptors (Lipinski definition) is 1. The largest absolute Gasteiger partial charge is 0.295 e. The van der Waals surface area contributed by atoms with Crippen molar-refractivity contribution in [1.29, 1.82) is 0 Å². The Morgan fingerprint density at radius 1 is 1.50 bits per heavy atom. The molecule has 1 rings (SSSR count). The van der Waals surface area contributed by atoms with E-state index in [1.54, 1.807) is 6.08 Å². The van der Waals surface area contributed by atoms with Crippen LogP contribution < -0.4 is 0 Å². The third kappa shape index (κ3) is 2.34. The SMILES string of the molecule is CC.CC1=CC(=O)C(C)C1. The van der Waals surface area contributed by atoms with Gasteiger partial charge in [-0.15, -0.1) is 0 Å². The number of carbonyl (C=O) groups excluding carboxylic acids is 1. The van der Waals surface area contributed by atoms with Crippen molar-refractivity contribution in [3.8, 4) is 0 Å². The zero-order chi connectivity index (χ0) is 8.15. The van der Waals surface area contributed by atoms with Crippen molar-refractivity contribution in [1.82, 2.24) is 0 Å². The monoisotopic (exact) mass is 140 g/mol. The molecule has 0 radical (unpaired) electrons. The molecule has 0 fully saturated rings. The Morgan fingerprint density at radius 2 is 2.00 bits per heavy atom. The molecule has 1 unspecified atom stereocenters. The highest BCUT2D eigenvalue weighted by Gasteiger charge is 2.17. The molecular weight excluding hydrogens is 124 g/mol. The Hall–Kier alpha value is -0.590. The molecule has 0 aromatic heterocycles. The first kappa shape index (κ1) is 9.41. The highest BCUT2D eigenvalue weighted by Crippen LogP contribution is 2.19. The Kier molecular flexibility index (Phi) is 4.01. The Balaban J connectivity index is 0.000000371. The fourth-order valence-corrected chi connectivity index (χ4v) is 1.03. The molecule has 1 nitrogen and oxygen atoms in total. The maximum absolute atomic E-state index is 10.7. The second kappa shape index (κ2) is 4.26. The number of allylic oxidation sites excluding steroid dienone is 2. The minimum atomic E-state index is 0.259. The van der Waals surface area contributed by atoms with E-state index in [1.165, 1.54) is 5.57 Å². The second-order valence-corrected chi connectivity index (χ2v) is 2.50. The van der Waals surface area contributed by atoms with Gasteiger partial charge in [-0.05, 0) is 19.4 Å². The predicted octanol–water partition coefficient (Wildman–Crippen LogP) is 2.57. The third-order valence-corrected chi connectivity index (χ3v) is 1.50. The lowest BCUT2D eigenvalue weighted by molar-refractivity contribution is -0.116. The minimum Gasteiger partial charge on any atom is -0.295 e. The molecule has 0 heterocycles. The highest BCUT2D eigenvalue weighted by atomic mass is 16.1. The summed E-state index contributed by atoms with van der Waals surface area (Å²) in [4.78, 5) is 10.7. The van der Waals surface area contributed by atoms with Crippen LogP contribution in [0, 0.1) is 5.92 Å². The van der Waals surface area contributed by atoms with Crippen LogP contribution in [0.1, 0.15) is 34.1 Å². The maximum Gasteiger partial charge on any atom is 0.158 e. The first-order chi connectivity index (χ1) is 4.70. The first-order valence-electron chi connectivity index (χ1n) is 3.91. The average molecular weight is 140 g/mol. The molecule has 0 aromatic carbocycles. The van der Waals surface area contributed by atoms with E-state index in [4.69, 9.17) is 0 Å². The van der Waals surface area contributed by atoms with Crippen LogP contribution in [0.3, 0.4) is 0 Å². The van der Waals surface area contributed by atoms with E-state index >= 15 is 0 Å². The summed E-state index contributed by atoms with van der Waals surface area (Å²) < 4.78 is 0. The highest BCUT2D eigenvalue weighted by molar-refractivity contribution is 5.94. The summed E-state index contributed by atoms with van der Waals surface area (Å²) in [5.41, 5.74) is 1.22. The Labute approximate surface area is 63.1 Å². The standard InChI is InChI=1S/C7H10O.C2H6/c1-5-3-6(2)7(8)4-5;1-2/h4,6H,3H2,1-2H3;1-2H3. The lowest BCUT2D eigenvalue weighted by Gasteiger charge is -1.94. The molecule has 1 heteroatoms. The van der Waals surface area contributed by atoms with E-state index in [9.17, 15) is 4.79 Å². The fraction of sp³-hybridized carbons (Fsp3) is 0.667. The summed E-state index contributed by atoms with van der Waals surface area (Å²) in [6.45, 7) is 7.97. The van der Waals surface area contributed by atoms with Crippen LogP contribution in [-0.2, 0) is 4.79 Å². The van der Waals surface area contributed by atoms with Gasteiger partial charge in [0.1, 0.15) is 0 Å². The minimum absolute atomic E-state index is 0.259. The number of hydrogen-bond donors (Lipinski definition) is 0. The molecule has 1 aliphatic rings. The Bertz CT molecular complexity index is 145. The third-order valence-electron chi connectivity index (χ3n) is 1.50. The molecule has 0 bridgehead atoms. The van der Waals surface area contributed by atoms with Crippen LogP contribution >= 0.6 is 0 Å². The van der Waals surface area contributed by atoms with Crippen molar-refractivity contribution in [3.63, 3.8) is 0 Å². The van der Waals surface area contributed by atoms with Gasteiger partial charge < -0.3 is 0 Å². The van der Waals surface area contributed by atoms with Crippen molar-refractivity contribution in [2.45, 2.75) is 34.1 Å².